The first-order valence-corrected chi connectivity index (χ1v) is 8.46. The first-order chi connectivity index (χ1) is 8.28. The van der Waals surface area contributed by atoms with E-state index in [0.717, 1.165) is 26.0 Å². The van der Waals surface area contributed by atoms with Crippen LogP contribution in [-0.2, 0) is 14.6 Å². The van der Waals surface area contributed by atoms with Crippen molar-refractivity contribution in [3.05, 3.63) is 0 Å². The third kappa shape index (κ3) is 4.21. The van der Waals surface area contributed by atoms with Gasteiger partial charge < -0.3 is 10.1 Å². The summed E-state index contributed by atoms with van der Waals surface area (Å²) in [4.78, 5) is 0. The van der Waals surface area contributed by atoms with Crippen LogP contribution in [0.3, 0.4) is 0 Å². The van der Waals surface area contributed by atoms with Crippen molar-refractivity contribution < 1.29 is 13.2 Å². The summed E-state index contributed by atoms with van der Waals surface area (Å²) < 4.78 is 29.3. The predicted molar refractivity (Wildman–Crippen MR) is 74.5 cm³/mol. The first-order valence-electron chi connectivity index (χ1n) is 6.81. The van der Waals surface area contributed by atoms with Crippen LogP contribution in [0.4, 0.5) is 0 Å². The molecule has 4 nitrogen and oxygen atoms in total. The third-order valence-corrected chi connectivity index (χ3v) is 6.19. The number of hydrogen-bond acceptors (Lipinski definition) is 4. The molecule has 0 amide bonds. The standard InChI is InChI=1S/C13H27NO3S/c1-5-7-14-12(11-6-8-17-9-11)10-18(15,16)13(2,3)4/h11-12,14H,5-10H2,1-4H3. The van der Waals surface area contributed by atoms with Gasteiger partial charge in [-0.25, -0.2) is 8.42 Å². The highest BCUT2D eigenvalue weighted by atomic mass is 32.2. The first kappa shape index (κ1) is 15.9. The van der Waals surface area contributed by atoms with Crippen molar-refractivity contribution in [1.29, 1.82) is 0 Å². The molecule has 108 valence electrons. The van der Waals surface area contributed by atoms with Gasteiger partial charge in [-0.1, -0.05) is 6.92 Å². The Morgan fingerprint density at radius 2 is 2.06 bits per heavy atom. The lowest BCUT2D eigenvalue weighted by molar-refractivity contribution is 0.178. The average Bonchev–Trinajstić information content (AvgIpc) is 2.75. The average molecular weight is 277 g/mol. The molecular weight excluding hydrogens is 250 g/mol. The van der Waals surface area contributed by atoms with E-state index in [2.05, 4.69) is 12.2 Å². The molecule has 1 aliphatic rings. The zero-order valence-electron chi connectivity index (χ0n) is 12.0. The second kappa shape index (κ2) is 6.35. The van der Waals surface area contributed by atoms with Crippen molar-refractivity contribution in [1.82, 2.24) is 5.32 Å². The summed E-state index contributed by atoms with van der Waals surface area (Å²) in [5, 5.41) is 3.38. The molecule has 1 N–H and O–H groups in total. The van der Waals surface area contributed by atoms with Gasteiger partial charge in [-0.2, -0.15) is 0 Å². The fraction of sp³-hybridized carbons (Fsp3) is 1.00. The molecule has 0 saturated carbocycles. The molecule has 0 bridgehead atoms. The number of sulfone groups is 1. The van der Waals surface area contributed by atoms with Crippen LogP contribution in [-0.4, -0.2) is 44.7 Å². The minimum atomic E-state index is -3.08. The Bertz CT molecular complexity index is 340. The van der Waals surface area contributed by atoms with Gasteiger partial charge in [-0.15, -0.1) is 0 Å². The van der Waals surface area contributed by atoms with Crippen LogP contribution in [0.5, 0.6) is 0 Å². The van der Waals surface area contributed by atoms with Crippen molar-refractivity contribution in [3.63, 3.8) is 0 Å². The Morgan fingerprint density at radius 1 is 1.39 bits per heavy atom. The van der Waals surface area contributed by atoms with E-state index >= 15 is 0 Å². The summed E-state index contributed by atoms with van der Waals surface area (Å²) in [6.07, 6.45) is 1.97. The van der Waals surface area contributed by atoms with E-state index in [1.54, 1.807) is 20.8 Å². The molecule has 1 aliphatic heterocycles. The minimum absolute atomic E-state index is 0.0247. The second-order valence-corrected chi connectivity index (χ2v) is 8.87. The molecule has 0 aromatic carbocycles. The summed E-state index contributed by atoms with van der Waals surface area (Å²) >= 11 is 0. The SMILES string of the molecule is CCCNC(CS(=O)(=O)C(C)(C)C)C1CCOC1. The van der Waals surface area contributed by atoms with Gasteiger partial charge >= 0.3 is 0 Å². The molecule has 18 heavy (non-hydrogen) atoms. The van der Waals surface area contributed by atoms with Crippen LogP contribution in [0, 0.1) is 5.92 Å². The monoisotopic (exact) mass is 277 g/mol. The molecule has 0 spiro atoms. The van der Waals surface area contributed by atoms with Crippen LogP contribution in [0.15, 0.2) is 0 Å². The van der Waals surface area contributed by atoms with Crippen molar-refractivity contribution in [2.45, 2.75) is 51.3 Å². The lowest BCUT2D eigenvalue weighted by atomic mass is 10.0. The molecule has 0 aromatic rings. The van der Waals surface area contributed by atoms with E-state index < -0.39 is 14.6 Å². The number of hydrogen-bond donors (Lipinski definition) is 1. The van der Waals surface area contributed by atoms with E-state index in [4.69, 9.17) is 4.74 Å². The third-order valence-electron chi connectivity index (χ3n) is 3.52. The Morgan fingerprint density at radius 3 is 2.50 bits per heavy atom. The van der Waals surface area contributed by atoms with Gasteiger partial charge in [-0.05, 0) is 40.2 Å². The molecule has 1 saturated heterocycles. The maximum Gasteiger partial charge on any atom is 0.156 e. The molecule has 1 fully saturated rings. The van der Waals surface area contributed by atoms with Crippen molar-refractivity contribution in [3.8, 4) is 0 Å². The van der Waals surface area contributed by atoms with E-state index in [9.17, 15) is 8.42 Å². The van der Waals surface area contributed by atoms with Crippen LogP contribution in [0.1, 0.15) is 40.5 Å². The number of nitrogens with one attached hydrogen (secondary N) is 1. The maximum absolute atomic E-state index is 12.3. The zero-order valence-corrected chi connectivity index (χ0v) is 12.8. The molecule has 1 rings (SSSR count). The van der Waals surface area contributed by atoms with Crippen LogP contribution in [0.25, 0.3) is 0 Å². The topological polar surface area (TPSA) is 55.4 Å². The molecule has 0 aliphatic carbocycles. The molecule has 1 heterocycles. The number of rotatable bonds is 6. The van der Waals surface area contributed by atoms with Gasteiger partial charge in [0.25, 0.3) is 0 Å². The molecule has 0 radical (unpaired) electrons. The smallest absolute Gasteiger partial charge is 0.156 e. The van der Waals surface area contributed by atoms with Crippen LogP contribution < -0.4 is 5.32 Å². The molecule has 2 unspecified atom stereocenters. The fourth-order valence-corrected chi connectivity index (χ4v) is 3.41. The highest BCUT2D eigenvalue weighted by Gasteiger charge is 2.35. The Hall–Kier alpha value is -0.130. The van der Waals surface area contributed by atoms with E-state index in [1.807, 2.05) is 0 Å². The van der Waals surface area contributed by atoms with Gasteiger partial charge in [0.15, 0.2) is 9.84 Å². The Kier molecular flexibility index (Phi) is 5.62. The van der Waals surface area contributed by atoms with Crippen molar-refractivity contribution in [2.75, 3.05) is 25.5 Å². The zero-order chi connectivity index (χ0) is 13.8. The second-order valence-electron chi connectivity index (χ2n) is 6.08. The van der Waals surface area contributed by atoms with Crippen molar-refractivity contribution in [2.24, 2.45) is 5.92 Å². The van der Waals surface area contributed by atoms with Gasteiger partial charge in [0.1, 0.15) is 0 Å². The molecule has 5 heteroatoms. The normalized spacial score (nSPS) is 23.2. The highest BCUT2D eigenvalue weighted by molar-refractivity contribution is 7.92. The maximum atomic E-state index is 12.3. The lowest BCUT2D eigenvalue weighted by Crippen LogP contribution is -2.46. The molecular formula is C13H27NO3S. The molecule has 2 atom stereocenters. The summed E-state index contributed by atoms with van der Waals surface area (Å²) in [5.74, 6) is 0.540. The number of ether oxygens (including phenoxy) is 1. The van der Waals surface area contributed by atoms with E-state index in [-0.39, 0.29) is 11.8 Å². The largest absolute Gasteiger partial charge is 0.381 e. The summed E-state index contributed by atoms with van der Waals surface area (Å²) in [5.41, 5.74) is 0. The van der Waals surface area contributed by atoms with Gasteiger partial charge in [0.2, 0.25) is 0 Å². The van der Waals surface area contributed by atoms with Gasteiger partial charge in [-0.3, -0.25) is 0 Å². The van der Waals surface area contributed by atoms with Crippen LogP contribution in [0.2, 0.25) is 0 Å². The van der Waals surface area contributed by atoms with Gasteiger partial charge in [0, 0.05) is 18.6 Å². The fourth-order valence-electron chi connectivity index (χ4n) is 2.05. The Balaban J connectivity index is 2.71. The predicted octanol–water partition coefficient (Wildman–Crippen LogP) is 1.60. The summed E-state index contributed by atoms with van der Waals surface area (Å²) in [6, 6.07) is 0.0247. The molecule has 0 aromatic heterocycles. The van der Waals surface area contributed by atoms with E-state index in [1.165, 1.54) is 0 Å². The van der Waals surface area contributed by atoms with Crippen LogP contribution >= 0.6 is 0 Å². The summed E-state index contributed by atoms with van der Waals surface area (Å²) in [7, 11) is -3.08. The van der Waals surface area contributed by atoms with Gasteiger partial charge in [0.05, 0.1) is 17.1 Å². The van der Waals surface area contributed by atoms with E-state index in [0.29, 0.717) is 12.5 Å². The lowest BCUT2D eigenvalue weighted by Gasteiger charge is -2.27. The quantitative estimate of drug-likeness (QED) is 0.801. The summed E-state index contributed by atoms with van der Waals surface area (Å²) in [6.45, 7) is 9.69. The Labute approximate surface area is 111 Å². The minimum Gasteiger partial charge on any atom is -0.381 e. The van der Waals surface area contributed by atoms with Crippen molar-refractivity contribution >= 4 is 9.84 Å². The highest BCUT2D eigenvalue weighted by Crippen LogP contribution is 2.23.